The van der Waals surface area contributed by atoms with Crippen molar-refractivity contribution in [1.29, 1.82) is 0 Å². The van der Waals surface area contributed by atoms with Gasteiger partial charge in [0.2, 0.25) is 5.91 Å². The number of nitrogens with zero attached hydrogens (tertiary/aromatic N) is 4. The molecule has 2 unspecified atom stereocenters. The summed E-state index contributed by atoms with van der Waals surface area (Å²) in [4.78, 5) is 13.9. The maximum absolute atomic E-state index is 12.3. The molecule has 1 aromatic rings. The highest BCUT2D eigenvalue weighted by atomic mass is 32.2. The average molecular weight is 315 g/mol. The molecule has 0 bridgehead atoms. The van der Waals surface area contributed by atoms with E-state index in [9.17, 15) is 13.2 Å². The van der Waals surface area contributed by atoms with Crippen LogP contribution < -0.4 is 5.73 Å². The number of carbonyl (C=O) groups excluding carboxylic acids is 1. The van der Waals surface area contributed by atoms with Crippen LogP contribution in [0.15, 0.2) is 6.20 Å². The maximum atomic E-state index is 12.3. The Morgan fingerprint density at radius 1 is 1.62 bits per heavy atom. The van der Waals surface area contributed by atoms with E-state index in [0.717, 1.165) is 0 Å². The summed E-state index contributed by atoms with van der Waals surface area (Å²) in [5.74, 6) is 0.0509. The van der Waals surface area contributed by atoms with E-state index in [1.54, 1.807) is 18.0 Å². The Hall–Kier alpha value is -1.48. The van der Waals surface area contributed by atoms with Crippen molar-refractivity contribution in [3.05, 3.63) is 11.9 Å². The normalized spacial score (nSPS) is 22.1. The van der Waals surface area contributed by atoms with Crippen molar-refractivity contribution in [2.24, 2.45) is 5.73 Å². The molecular weight excluding hydrogens is 294 g/mol. The zero-order chi connectivity index (χ0) is 15.6. The van der Waals surface area contributed by atoms with Crippen LogP contribution in [-0.4, -0.2) is 58.3 Å². The van der Waals surface area contributed by atoms with Gasteiger partial charge in [0.1, 0.15) is 6.54 Å². The Kier molecular flexibility index (Phi) is 4.62. The summed E-state index contributed by atoms with van der Waals surface area (Å²) in [6, 6.07) is -0.472. The third kappa shape index (κ3) is 3.79. The summed E-state index contributed by atoms with van der Waals surface area (Å²) in [6.07, 6.45) is 2.14. The highest BCUT2D eigenvalue weighted by molar-refractivity contribution is 7.91. The van der Waals surface area contributed by atoms with Crippen LogP contribution in [0.25, 0.3) is 0 Å². The van der Waals surface area contributed by atoms with Crippen molar-refractivity contribution in [3.63, 3.8) is 0 Å². The Morgan fingerprint density at radius 3 is 2.81 bits per heavy atom. The van der Waals surface area contributed by atoms with Gasteiger partial charge < -0.3 is 10.6 Å². The number of nitrogens with two attached hydrogens (primary N) is 1. The highest BCUT2D eigenvalue weighted by Crippen LogP contribution is 2.18. The minimum atomic E-state index is -3.01. The summed E-state index contributed by atoms with van der Waals surface area (Å²) in [5, 5.41) is 7.77. The van der Waals surface area contributed by atoms with Crippen molar-refractivity contribution in [1.82, 2.24) is 19.9 Å². The molecule has 21 heavy (non-hydrogen) atoms. The lowest BCUT2D eigenvalue weighted by molar-refractivity contribution is -0.133. The molecule has 2 rings (SSSR count). The molecule has 118 valence electrons. The molecule has 0 aliphatic carbocycles. The Balaban J connectivity index is 2.03. The fraction of sp³-hybridized carbons (Fsp3) is 0.750. The van der Waals surface area contributed by atoms with Crippen LogP contribution in [0, 0.1) is 0 Å². The lowest BCUT2D eigenvalue weighted by Crippen LogP contribution is -2.42. The van der Waals surface area contributed by atoms with Gasteiger partial charge in [-0.3, -0.25) is 4.79 Å². The molecule has 9 heteroatoms. The van der Waals surface area contributed by atoms with Crippen LogP contribution in [0.1, 0.15) is 32.0 Å². The first-order valence-corrected chi connectivity index (χ1v) is 8.80. The SMILES string of the molecule is CCN(C(=O)Cn1cc(C(C)N)nn1)C1CCS(=O)(=O)C1. The van der Waals surface area contributed by atoms with Gasteiger partial charge in [0.25, 0.3) is 0 Å². The number of carbonyl (C=O) groups is 1. The van der Waals surface area contributed by atoms with Gasteiger partial charge in [-0.1, -0.05) is 5.21 Å². The summed E-state index contributed by atoms with van der Waals surface area (Å²) in [6.45, 7) is 4.16. The number of rotatable bonds is 5. The zero-order valence-electron chi connectivity index (χ0n) is 12.3. The fourth-order valence-corrected chi connectivity index (χ4v) is 4.22. The second-order valence-corrected chi connectivity index (χ2v) is 7.59. The summed E-state index contributed by atoms with van der Waals surface area (Å²) in [5.41, 5.74) is 6.32. The van der Waals surface area contributed by atoms with Crippen LogP contribution in [0.5, 0.6) is 0 Å². The van der Waals surface area contributed by atoms with E-state index < -0.39 is 9.84 Å². The first-order valence-electron chi connectivity index (χ1n) is 6.98. The fourth-order valence-electron chi connectivity index (χ4n) is 2.49. The molecule has 1 fully saturated rings. The topological polar surface area (TPSA) is 111 Å². The molecule has 1 aliphatic heterocycles. The van der Waals surface area contributed by atoms with E-state index in [-0.39, 0.29) is 36.0 Å². The molecule has 2 N–H and O–H groups in total. The van der Waals surface area contributed by atoms with Gasteiger partial charge in [-0.15, -0.1) is 5.10 Å². The van der Waals surface area contributed by atoms with Gasteiger partial charge in [0.05, 0.1) is 23.4 Å². The van der Waals surface area contributed by atoms with E-state index in [0.29, 0.717) is 18.7 Å². The van der Waals surface area contributed by atoms with Gasteiger partial charge in [0.15, 0.2) is 9.84 Å². The Bertz CT molecular complexity index is 610. The molecule has 2 atom stereocenters. The Morgan fingerprint density at radius 2 is 2.33 bits per heavy atom. The minimum absolute atomic E-state index is 0.0457. The average Bonchev–Trinajstić information content (AvgIpc) is 2.97. The van der Waals surface area contributed by atoms with E-state index in [1.165, 1.54) is 4.68 Å². The second kappa shape index (κ2) is 6.10. The monoisotopic (exact) mass is 315 g/mol. The maximum Gasteiger partial charge on any atom is 0.244 e. The predicted octanol–water partition coefficient (Wildman–Crippen LogP) is -0.667. The molecule has 2 heterocycles. The lowest BCUT2D eigenvalue weighted by Gasteiger charge is -2.26. The minimum Gasteiger partial charge on any atom is -0.337 e. The molecule has 1 aliphatic rings. The van der Waals surface area contributed by atoms with Crippen molar-refractivity contribution >= 4 is 15.7 Å². The second-order valence-electron chi connectivity index (χ2n) is 5.37. The van der Waals surface area contributed by atoms with Crippen molar-refractivity contribution in [2.75, 3.05) is 18.1 Å². The van der Waals surface area contributed by atoms with E-state index in [1.807, 2.05) is 6.92 Å². The van der Waals surface area contributed by atoms with Crippen LogP contribution in [0.4, 0.5) is 0 Å². The van der Waals surface area contributed by atoms with Crippen molar-refractivity contribution in [2.45, 2.75) is 38.9 Å². The standard InChI is InChI=1S/C12H21N5O3S/c1-3-17(10-4-5-21(19,20)8-10)12(18)7-16-6-11(9(2)13)14-15-16/h6,9-10H,3-5,7-8,13H2,1-2H3. The first kappa shape index (κ1) is 15.9. The Labute approximate surface area is 124 Å². The molecule has 0 radical (unpaired) electrons. The van der Waals surface area contributed by atoms with Gasteiger partial charge in [-0.25, -0.2) is 13.1 Å². The van der Waals surface area contributed by atoms with Gasteiger partial charge in [-0.05, 0) is 20.3 Å². The van der Waals surface area contributed by atoms with E-state index in [4.69, 9.17) is 5.73 Å². The first-order chi connectivity index (χ1) is 9.82. The largest absolute Gasteiger partial charge is 0.337 e. The molecule has 1 aromatic heterocycles. The molecule has 1 amide bonds. The summed E-state index contributed by atoms with van der Waals surface area (Å²) in [7, 11) is -3.01. The molecule has 1 saturated heterocycles. The van der Waals surface area contributed by atoms with Gasteiger partial charge >= 0.3 is 0 Å². The third-order valence-corrected chi connectivity index (χ3v) is 5.38. The number of hydrogen-bond acceptors (Lipinski definition) is 6. The predicted molar refractivity (Wildman–Crippen MR) is 77.1 cm³/mol. The number of likely N-dealkylation sites (N-methyl/N-ethyl adjacent to an activating group) is 1. The number of amides is 1. The van der Waals surface area contributed by atoms with E-state index >= 15 is 0 Å². The quantitative estimate of drug-likeness (QED) is 0.771. The number of aromatic nitrogens is 3. The summed E-state index contributed by atoms with van der Waals surface area (Å²) < 4.78 is 24.5. The molecule has 8 nitrogen and oxygen atoms in total. The highest BCUT2D eigenvalue weighted by Gasteiger charge is 2.33. The van der Waals surface area contributed by atoms with Crippen LogP contribution >= 0.6 is 0 Å². The van der Waals surface area contributed by atoms with Crippen LogP contribution in [0.3, 0.4) is 0 Å². The van der Waals surface area contributed by atoms with Gasteiger partial charge in [-0.2, -0.15) is 0 Å². The van der Waals surface area contributed by atoms with Crippen LogP contribution in [0.2, 0.25) is 0 Å². The van der Waals surface area contributed by atoms with Crippen molar-refractivity contribution in [3.8, 4) is 0 Å². The lowest BCUT2D eigenvalue weighted by atomic mass is 10.2. The number of hydrogen-bond donors (Lipinski definition) is 1. The van der Waals surface area contributed by atoms with E-state index in [2.05, 4.69) is 10.3 Å². The number of sulfone groups is 1. The van der Waals surface area contributed by atoms with Gasteiger partial charge in [0, 0.05) is 18.6 Å². The van der Waals surface area contributed by atoms with Crippen LogP contribution in [-0.2, 0) is 21.2 Å². The summed E-state index contributed by atoms with van der Waals surface area (Å²) >= 11 is 0. The molecule has 0 saturated carbocycles. The molecule has 0 aromatic carbocycles. The molecular formula is C12H21N5O3S. The smallest absolute Gasteiger partial charge is 0.244 e. The zero-order valence-corrected chi connectivity index (χ0v) is 13.1. The third-order valence-electron chi connectivity index (χ3n) is 3.63. The van der Waals surface area contributed by atoms with Crippen molar-refractivity contribution < 1.29 is 13.2 Å². The molecule has 0 spiro atoms.